The number of ether oxygens (including phenoxy) is 1. The summed E-state index contributed by atoms with van der Waals surface area (Å²) >= 11 is 0. The minimum atomic E-state index is -0.228. The number of aryl methyl sites for hydroxylation is 2. The van der Waals surface area contributed by atoms with Crippen molar-refractivity contribution in [3.8, 4) is 0 Å². The van der Waals surface area contributed by atoms with Crippen LogP contribution in [0.25, 0.3) is 0 Å². The zero-order chi connectivity index (χ0) is 18.7. The van der Waals surface area contributed by atoms with Crippen molar-refractivity contribution in [1.29, 1.82) is 0 Å². The van der Waals surface area contributed by atoms with Gasteiger partial charge in [0.1, 0.15) is 6.10 Å². The first-order valence-electron chi connectivity index (χ1n) is 8.69. The smallest absolute Gasteiger partial charge is 0.317 e. The van der Waals surface area contributed by atoms with Gasteiger partial charge >= 0.3 is 6.03 Å². The first kappa shape index (κ1) is 18.1. The third-order valence-corrected chi connectivity index (χ3v) is 4.80. The number of pyridine rings is 2. The summed E-state index contributed by atoms with van der Waals surface area (Å²) in [7, 11) is 1.75. The number of nitrogens with one attached hydrogen (secondary N) is 2. The Morgan fingerprint density at radius 3 is 2.96 bits per heavy atom. The van der Waals surface area contributed by atoms with Crippen molar-refractivity contribution in [2.45, 2.75) is 39.0 Å². The Bertz CT molecular complexity index is 834. The Morgan fingerprint density at radius 1 is 1.46 bits per heavy atom. The van der Waals surface area contributed by atoms with E-state index in [0.717, 1.165) is 23.2 Å². The molecule has 1 saturated heterocycles. The van der Waals surface area contributed by atoms with E-state index in [4.69, 9.17) is 4.74 Å². The van der Waals surface area contributed by atoms with E-state index in [1.54, 1.807) is 24.3 Å². The van der Waals surface area contributed by atoms with Gasteiger partial charge in [-0.1, -0.05) is 6.07 Å². The van der Waals surface area contributed by atoms with Crippen LogP contribution in [0.4, 0.5) is 4.79 Å². The second kappa shape index (κ2) is 7.70. The Morgan fingerprint density at radius 2 is 2.27 bits per heavy atom. The van der Waals surface area contributed by atoms with Crippen LogP contribution in [-0.4, -0.2) is 40.6 Å². The van der Waals surface area contributed by atoms with Crippen molar-refractivity contribution in [2.75, 3.05) is 13.7 Å². The maximum atomic E-state index is 12.6. The lowest BCUT2D eigenvalue weighted by Crippen LogP contribution is -2.45. The Kier molecular flexibility index (Phi) is 5.37. The third-order valence-electron chi connectivity index (χ3n) is 4.80. The number of amides is 2. The second-order valence-corrected chi connectivity index (χ2v) is 6.65. The van der Waals surface area contributed by atoms with Gasteiger partial charge in [-0.3, -0.25) is 9.78 Å². The van der Waals surface area contributed by atoms with Crippen LogP contribution in [0.15, 0.2) is 35.4 Å². The highest BCUT2D eigenvalue weighted by Gasteiger charge is 2.35. The van der Waals surface area contributed by atoms with Crippen LogP contribution >= 0.6 is 0 Å². The van der Waals surface area contributed by atoms with E-state index in [1.807, 2.05) is 32.0 Å². The number of carbonyl (C=O) groups is 1. The summed E-state index contributed by atoms with van der Waals surface area (Å²) in [4.78, 5) is 33.2. The molecule has 3 heterocycles. The first-order valence-corrected chi connectivity index (χ1v) is 8.69. The Hall–Kier alpha value is -2.67. The molecule has 2 atom stereocenters. The quantitative estimate of drug-likeness (QED) is 0.878. The molecular formula is C19H24N4O3. The van der Waals surface area contributed by atoms with E-state index in [2.05, 4.69) is 15.3 Å². The fraction of sp³-hybridized carbons (Fsp3) is 0.421. The van der Waals surface area contributed by atoms with Crippen LogP contribution in [0.3, 0.4) is 0 Å². The lowest BCUT2D eigenvalue weighted by molar-refractivity contribution is 0.0767. The number of carbonyl (C=O) groups excluding carboxylic acids is 1. The van der Waals surface area contributed by atoms with Gasteiger partial charge in [0.15, 0.2) is 0 Å². The molecule has 1 fully saturated rings. The molecule has 26 heavy (non-hydrogen) atoms. The van der Waals surface area contributed by atoms with E-state index < -0.39 is 0 Å². The number of aromatic nitrogens is 2. The maximum Gasteiger partial charge on any atom is 0.317 e. The van der Waals surface area contributed by atoms with Crippen LogP contribution in [0.1, 0.15) is 34.9 Å². The SMILES string of the molecule is Cc1cc(C)c(CNC(=O)N(C)[C@H]2CCO[C@@H]2c2cccnc2)c(=O)[nH]1. The van der Waals surface area contributed by atoms with Gasteiger partial charge in [0.25, 0.3) is 5.56 Å². The fourth-order valence-electron chi connectivity index (χ4n) is 3.38. The minimum Gasteiger partial charge on any atom is -0.371 e. The second-order valence-electron chi connectivity index (χ2n) is 6.65. The molecule has 2 aromatic rings. The van der Waals surface area contributed by atoms with Crippen LogP contribution in [-0.2, 0) is 11.3 Å². The number of aromatic amines is 1. The van der Waals surface area contributed by atoms with E-state index >= 15 is 0 Å². The van der Waals surface area contributed by atoms with E-state index in [9.17, 15) is 9.59 Å². The summed E-state index contributed by atoms with van der Waals surface area (Å²) in [6.07, 6.45) is 4.05. The number of nitrogens with zero attached hydrogens (tertiary/aromatic N) is 2. The lowest BCUT2D eigenvalue weighted by atomic mass is 10.0. The fourth-order valence-corrected chi connectivity index (χ4v) is 3.38. The summed E-state index contributed by atoms with van der Waals surface area (Å²) in [5.41, 5.74) is 3.04. The Balaban J connectivity index is 1.67. The van der Waals surface area contributed by atoms with Crippen LogP contribution in [0.5, 0.6) is 0 Å². The summed E-state index contributed by atoms with van der Waals surface area (Å²) < 4.78 is 5.82. The van der Waals surface area contributed by atoms with Gasteiger partial charge in [-0.2, -0.15) is 0 Å². The number of hydrogen-bond acceptors (Lipinski definition) is 4. The van der Waals surface area contributed by atoms with Crippen molar-refractivity contribution < 1.29 is 9.53 Å². The van der Waals surface area contributed by atoms with Crippen molar-refractivity contribution in [3.63, 3.8) is 0 Å². The highest BCUT2D eigenvalue weighted by molar-refractivity contribution is 5.74. The molecule has 7 nitrogen and oxygen atoms in total. The standard InChI is InChI=1S/C19H24N4O3/c1-12-9-13(2)22-18(24)15(12)11-21-19(25)23(3)16-6-8-26-17(16)14-5-4-7-20-10-14/h4-5,7,9-10,16-17H,6,8,11H2,1-3H3,(H,21,25)(H,22,24)/t16-,17+/m0/s1. The third kappa shape index (κ3) is 3.77. The average Bonchev–Trinajstić information content (AvgIpc) is 3.10. The molecule has 0 radical (unpaired) electrons. The van der Waals surface area contributed by atoms with Gasteiger partial charge in [0, 0.05) is 42.9 Å². The summed E-state index contributed by atoms with van der Waals surface area (Å²) in [6, 6.07) is 5.42. The maximum absolute atomic E-state index is 12.6. The lowest BCUT2D eigenvalue weighted by Gasteiger charge is -2.28. The molecule has 0 unspecified atom stereocenters. The largest absolute Gasteiger partial charge is 0.371 e. The zero-order valence-electron chi connectivity index (χ0n) is 15.3. The topological polar surface area (TPSA) is 87.3 Å². The molecule has 0 bridgehead atoms. The molecular weight excluding hydrogens is 332 g/mol. The zero-order valence-corrected chi connectivity index (χ0v) is 15.3. The average molecular weight is 356 g/mol. The molecule has 0 aliphatic carbocycles. The van der Waals surface area contributed by atoms with E-state index in [0.29, 0.717) is 12.2 Å². The van der Waals surface area contributed by atoms with Gasteiger partial charge < -0.3 is 19.9 Å². The number of likely N-dealkylation sites (N-methyl/N-ethyl adjacent to an activating group) is 1. The van der Waals surface area contributed by atoms with Gasteiger partial charge in [0.2, 0.25) is 0 Å². The summed E-state index contributed by atoms with van der Waals surface area (Å²) in [6.45, 7) is 4.49. The van der Waals surface area contributed by atoms with Gasteiger partial charge in [-0.15, -0.1) is 0 Å². The summed E-state index contributed by atoms with van der Waals surface area (Å²) in [5.74, 6) is 0. The Labute approximate surface area is 152 Å². The molecule has 2 N–H and O–H groups in total. The highest BCUT2D eigenvalue weighted by atomic mass is 16.5. The van der Waals surface area contributed by atoms with E-state index in [-0.39, 0.29) is 30.3 Å². The summed E-state index contributed by atoms with van der Waals surface area (Å²) in [5, 5.41) is 2.84. The van der Waals surface area contributed by atoms with Crippen molar-refractivity contribution in [2.24, 2.45) is 0 Å². The van der Waals surface area contributed by atoms with Gasteiger partial charge in [-0.05, 0) is 38.0 Å². The van der Waals surface area contributed by atoms with Crippen molar-refractivity contribution in [3.05, 3.63) is 63.3 Å². The van der Waals surface area contributed by atoms with Crippen molar-refractivity contribution in [1.82, 2.24) is 20.2 Å². The van der Waals surface area contributed by atoms with Crippen LogP contribution in [0, 0.1) is 13.8 Å². The number of H-pyrrole nitrogens is 1. The first-order chi connectivity index (χ1) is 12.5. The molecule has 0 spiro atoms. The molecule has 138 valence electrons. The van der Waals surface area contributed by atoms with Crippen LogP contribution in [0.2, 0.25) is 0 Å². The molecule has 2 aromatic heterocycles. The molecule has 0 aromatic carbocycles. The molecule has 3 rings (SSSR count). The minimum absolute atomic E-state index is 0.0726. The monoisotopic (exact) mass is 356 g/mol. The molecule has 0 saturated carbocycles. The molecule has 7 heteroatoms. The highest BCUT2D eigenvalue weighted by Crippen LogP contribution is 2.31. The van der Waals surface area contributed by atoms with Crippen LogP contribution < -0.4 is 10.9 Å². The number of hydrogen-bond donors (Lipinski definition) is 2. The van der Waals surface area contributed by atoms with Gasteiger partial charge in [0.05, 0.1) is 12.6 Å². The molecule has 2 amide bonds. The predicted molar refractivity (Wildman–Crippen MR) is 97.9 cm³/mol. The van der Waals surface area contributed by atoms with E-state index in [1.165, 1.54) is 0 Å². The number of rotatable bonds is 4. The van der Waals surface area contributed by atoms with Crippen molar-refractivity contribution >= 4 is 6.03 Å². The number of urea groups is 1. The normalized spacial score (nSPS) is 19.3. The molecule has 1 aliphatic heterocycles. The van der Waals surface area contributed by atoms with Gasteiger partial charge in [-0.25, -0.2) is 4.79 Å². The molecule has 1 aliphatic rings. The predicted octanol–water partition coefficient (Wildman–Crippen LogP) is 2.06.